The minimum Gasteiger partial charge on any atom is -0.406 e. The number of benzene rings is 1. The highest BCUT2D eigenvalue weighted by atomic mass is 19.4. The van der Waals surface area contributed by atoms with Crippen LogP contribution in [0.15, 0.2) is 24.3 Å². The van der Waals surface area contributed by atoms with Gasteiger partial charge in [0.15, 0.2) is 0 Å². The predicted molar refractivity (Wildman–Crippen MR) is 90.8 cm³/mol. The number of alkyl halides is 3. The molecule has 1 aliphatic heterocycles. The summed E-state index contributed by atoms with van der Waals surface area (Å²) in [7, 11) is 0. The van der Waals surface area contributed by atoms with Crippen molar-refractivity contribution in [1.29, 1.82) is 0 Å². The summed E-state index contributed by atoms with van der Waals surface area (Å²) in [5.74, 6) is -0.251. The number of ether oxygens (including phenoxy) is 1. The topological polar surface area (TPSA) is 70.7 Å². The normalized spacial score (nSPS) is 21.3. The maximum Gasteiger partial charge on any atom is 0.573 e. The first-order chi connectivity index (χ1) is 12.8. The van der Waals surface area contributed by atoms with Crippen molar-refractivity contribution in [3.8, 4) is 5.75 Å². The van der Waals surface area contributed by atoms with Gasteiger partial charge in [-0.15, -0.1) is 13.2 Å². The highest BCUT2D eigenvalue weighted by molar-refractivity contribution is 5.85. The Bertz CT molecular complexity index is 675. The van der Waals surface area contributed by atoms with E-state index in [9.17, 15) is 22.8 Å². The Morgan fingerprint density at radius 2 is 1.96 bits per heavy atom. The third kappa shape index (κ3) is 5.35. The molecule has 3 rings (SSSR count). The zero-order chi connectivity index (χ0) is 19.4. The van der Waals surface area contributed by atoms with E-state index in [1.165, 1.54) is 30.7 Å². The number of nitrogens with zero attached hydrogens (tertiary/aromatic N) is 1. The maximum absolute atomic E-state index is 12.3. The molecule has 9 heteroatoms. The number of hydrogen-bond acceptors (Lipinski definition) is 4. The summed E-state index contributed by atoms with van der Waals surface area (Å²) in [6.45, 7) is 1.60. The van der Waals surface area contributed by atoms with Gasteiger partial charge >= 0.3 is 6.36 Å². The van der Waals surface area contributed by atoms with Crippen molar-refractivity contribution in [2.45, 2.75) is 31.7 Å². The molecule has 1 unspecified atom stereocenters. The van der Waals surface area contributed by atoms with Gasteiger partial charge in [-0.3, -0.25) is 14.5 Å². The number of halogens is 3. The molecular weight excluding hydrogens is 363 g/mol. The fourth-order valence-corrected chi connectivity index (χ4v) is 3.29. The van der Waals surface area contributed by atoms with Gasteiger partial charge in [-0.1, -0.05) is 18.6 Å². The smallest absolute Gasteiger partial charge is 0.406 e. The van der Waals surface area contributed by atoms with Gasteiger partial charge in [0, 0.05) is 19.6 Å². The number of carbonyl (C=O) groups excluding carboxylic acids is 2. The van der Waals surface area contributed by atoms with Crippen LogP contribution in [-0.2, 0) is 9.59 Å². The number of hydrogen-bond donors (Lipinski definition) is 2. The van der Waals surface area contributed by atoms with Gasteiger partial charge in [-0.2, -0.15) is 0 Å². The van der Waals surface area contributed by atoms with Crippen LogP contribution in [0.3, 0.4) is 0 Å². The predicted octanol–water partition coefficient (Wildman–Crippen LogP) is 1.97. The number of piperazine rings is 1. The van der Waals surface area contributed by atoms with Crippen LogP contribution in [0.25, 0.3) is 0 Å². The largest absolute Gasteiger partial charge is 0.573 e. The second kappa shape index (κ2) is 8.16. The molecule has 27 heavy (non-hydrogen) atoms. The van der Waals surface area contributed by atoms with E-state index in [4.69, 9.17) is 0 Å². The summed E-state index contributed by atoms with van der Waals surface area (Å²) < 4.78 is 40.7. The van der Waals surface area contributed by atoms with Gasteiger partial charge in [0.25, 0.3) is 0 Å². The second-order valence-electron chi connectivity index (χ2n) is 6.88. The lowest BCUT2D eigenvalue weighted by Gasteiger charge is -2.35. The van der Waals surface area contributed by atoms with Crippen LogP contribution >= 0.6 is 0 Å². The van der Waals surface area contributed by atoms with E-state index in [1.54, 1.807) is 4.90 Å². The van der Waals surface area contributed by atoms with Crippen LogP contribution in [0.1, 0.15) is 30.9 Å². The molecular formula is C18H22F3N3O3. The van der Waals surface area contributed by atoms with Crippen molar-refractivity contribution in [2.75, 3.05) is 26.2 Å². The summed E-state index contributed by atoms with van der Waals surface area (Å²) in [4.78, 5) is 26.3. The molecule has 1 aromatic carbocycles. The standard InChI is InChI=1S/C18H22F3N3O3/c19-18(20,21)27-14-6-4-13(5-7-14)16-17(26)22-8-9-24(16)11-15(25)23-10-12-2-1-3-12/h4-7,12,16H,1-3,8-11H2,(H,22,26)(H,23,25). The Balaban J connectivity index is 1.64. The molecule has 1 aromatic rings. The number of carbonyl (C=O) groups is 2. The molecule has 2 amide bonds. The van der Waals surface area contributed by atoms with Gasteiger partial charge in [-0.05, 0) is 36.5 Å². The second-order valence-corrected chi connectivity index (χ2v) is 6.88. The lowest BCUT2D eigenvalue weighted by Crippen LogP contribution is -2.52. The average Bonchev–Trinajstić information content (AvgIpc) is 2.53. The molecule has 2 aliphatic rings. The molecule has 1 atom stereocenters. The fraction of sp³-hybridized carbons (Fsp3) is 0.556. The van der Waals surface area contributed by atoms with Crippen molar-refractivity contribution < 1.29 is 27.5 Å². The summed E-state index contributed by atoms with van der Waals surface area (Å²) in [6, 6.07) is 4.43. The Morgan fingerprint density at radius 1 is 1.26 bits per heavy atom. The molecule has 2 fully saturated rings. The monoisotopic (exact) mass is 385 g/mol. The number of rotatable bonds is 6. The minimum atomic E-state index is -4.77. The Labute approximate surface area is 155 Å². The van der Waals surface area contributed by atoms with Crippen LogP contribution in [0.4, 0.5) is 13.2 Å². The van der Waals surface area contributed by atoms with E-state index in [-0.39, 0.29) is 24.1 Å². The van der Waals surface area contributed by atoms with Crippen LogP contribution < -0.4 is 15.4 Å². The minimum absolute atomic E-state index is 0.0611. The van der Waals surface area contributed by atoms with Gasteiger partial charge in [0.1, 0.15) is 11.8 Å². The third-order valence-corrected chi connectivity index (χ3v) is 4.90. The first-order valence-corrected chi connectivity index (χ1v) is 8.96. The molecule has 1 saturated heterocycles. The SMILES string of the molecule is O=C(CN1CCNC(=O)C1c1ccc(OC(F)(F)F)cc1)NCC1CCC1. The van der Waals surface area contributed by atoms with Crippen molar-refractivity contribution >= 4 is 11.8 Å². The molecule has 0 radical (unpaired) electrons. The van der Waals surface area contributed by atoms with E-state index in [2.05, 4.69) is 15.4 Å². The molecule has 0 spiro atoms. The molecule has 1 heterocycles. The Morgan fingerprint density at radius 3 is 2.56 bits per heavy atom. The van der Waals surface area contributed by atoms with Crippen LogP contribution in [0.2, 0.25) is 0 Å². The molecule has 6 nitrogen and oxygen atoms in total. The first kappa shape index (κ1) is 19.5. The Hall–Kier alpha value is -2.29. The van der Waals surface area contributed by atoms with Gasteiger partial charge in [0.2, 0.25) is 11.8 Å². The molecule has 0 aromatic heterocycles. The molecule has 1 aliphatic carbocycles. The highest BCUT2D eigenvalue weighted by Crippen LogP contribution is 2.28. The Kier molecular flexibility index (Phi) is 5.88. The average molecular weight is 385 g/mol. The highest BCUT2D eigenvalue weighted by Gasteiger charge is 2.34. The van der Waals surface area contributed by atoms with Crippen LogP contribution in [-0.4, -0.2) is 49.3 Å². The van der Waals surface area contributed by atoms with E-state index < -0.39 is 12.4 Å². The van der Waals surface area contributed by atoms with Crippen molar-refractivity contribution in [2.24, 2.45) is 5.92 Å². The van der Waals surface area contributed by atoms with Gasteiger partial charge in [0.05, 0.1) is 6.54 Å². The molecule has 148 valence electrons. The summed E-state index contributed by atoms with van der Waals surface area (Å²) in [6.07, 6.45) is -1.32. The zero-order valence-corrected chi connectivity index (χ0v) is 14.7. The lowest BCUT2D eigenvalue weighted by atomic mass is 9.85. The summed E-state index contributed by atoms with van der Waals surface area (Å²) in [5.41, 5.74) is 0.508. The number of nitrogens with one attached hydrogen (secondary N) is 2. The van der Waals surface area contributed by atoms with Crippen LogP contribution in [0.5, 0.6) is 5.75 Å². The van der Waals surface area contributed by atoms with E-state index in [0.717, 1.165) is 12.8 Å². The van der Waals surface area contributed by atoms with Crippen molar-refractivity contribution in [1.82, 2.24) is 15.5 Å². The number of amides is 2. The van der Waals surface area contributed by atoms with E-state index in [0.29, 0.717) is 31.1 Å². The summed E-state index contributed by atoms with van der Waals surface area (Å²) in [5, 5.41) is 5.63. The van der Waals surface area contributed by atoms with E-state index in [1.807, 2.05) is 0 Å². The van der Waals surface area contributed by atoms with Crippen LogP contribution in [0, 0.1) is 5.92 Å². The first-order valence-electron chi connectivity index (χ1n) is 8.96. The van der Waals surface area contributed by atoms with Gasteiger partial charge < -0.3 is 15.4 Å². The maximum atomic E-state index is 12.3. The zero-order valence-electron chi connectivity index (χ0n) is 14.7. The van der Waals surface area contributed by atoms with Gasteiger partial charge in [-0.25, -0.2) is 0 Å². The van der Waals surface area contributed by atoms with Crippen molar-refractivity contribution in [3.63, 3.8) is 0 Å². The molecule has 2 N–H and O–H groups in total. The molecule has 0 bridgehead atoms. The molecule has 1 saturated carbocycles. The third-order valence-electron chi connectivity index (χ3n) is 4.90. The van der Waals surface area contributed by atoms with E-state index >= 15 is 0 Å². The quantitative estimate of drug-likeness (QED) is 0.786. The lowest BCUT2D eigenvalue weighted by molar-refractivity contribution is -0.274. The fourth-order valence-electron chi connectivity index (χ4n) is 3.29. The van der Waals surface area contributed by atoms with Crippen molar-refractivity contribution in [3.05, 3.63) is 29.8 Å². The summed E-state index contributed by atoms with van der Waals surface area (Å²) >= 11 is 0.